The summed E-state index contributed by atoms with van der Waals surface area (Å²) in [6.45, 7) is 0. The van der Waals surface area contributed by atoms with Crippen molar-refractivity contribution >= 4 is 17.2 Å². The van der Waals surface area contributed by atoms with Crippen LogP contribution in [0.5, 0.6) is 0 Å². The Morgan fingerprint density at radius 1 is 1.27 bits per heavy atom. The third-order valence-corrected chi connectivity index (χ3v) is 2.16. The van der Waals surface area contributed by atoms with E-state index in [1.165, 1.54) is 6.20 Å². The summed E-state index contributed by atoms with van der Waals surface area (Å²) < 4.78 is 37.2. The lowest BCUT2D eigenvalue weighted by molar-refractivity contribution is -0.137. The number of halogens is 3. The first-order chi connectivity index (χ1) is 7.02. The van der Waals surface area contributed by atoms with Gasteiger partial charge in [0.15, 0.2) is 6.29 Å². The standard InChI is InChI=1S/C10H6F3NO/c11-10(12,13)7-3-6(5-15)8-1-2-14-9(8)4-7/h1-5,14H. The minimum Gasteiger partial charge on any atom is -0.361 e. The van der Waals surface area contributed by atoms with Crippen molar-refractivity contribution in [2.75, 3.05) is 0 Å². The van der Waals surface area contributed by atoms with E-state index in [1.807, 2.05) is 0 Å². The Bertz CT molecular complexity index is 513. The van der Waals surface area contributed by atoms with Crippen molar-refractivity contribution in [3.05, 3.63) is 35.5 Å². The van der Waals surface area contributed by atoms with Gasteiger partial charge in [0.2, 0.25) is 0 Å². The molecule has 2 rings (SSSR count). The average molecular weight is 213 g/mol. The zero-order valence-corrected chi connectivity index (χ0v) is 7.43. The lowest BCUT2D eigenvalue weighted by Crippen LogP contribution is -2.05. The van der Waals surface area contributed by atoms with Gasteiger partial charge in [-0.05, 0) is 18.2 Å². The number of aromatic nitrogens is 1. The quantitative estimate of drug-likeness (QED) is 0.725. The van der Waals surface area contributed by atoms with Crippen molar-refractivity contribution in [3.8, 4) is 0 Å². The number of carbonyl (C=O) groups excluding carboxylic acids is 1. The van der Waals surface area contributed by atoms with Gasteiger partial charge < -0.3 is 4.98 Å². The van der Waals surface area contributed by atoms with Crippen molar-refractivity contribution in [3.63, 3.8) is 0 Å². The van der Waals surface area contributed by atoms with Gasteiger partial charge in [-0.25, -0.2) is 0 Å². The summed E-state index contributed by atoms with van der Waals surface area (Å²) in [6, 6.07) is 3.41. The molecule has 0 spiro atoms. The lowest BCUT2D eigenvalue weighted by atomic mass is 10.1. The average Bonchev–Trinajstić information content (AvgIpc) is 2.62. The highest BCUT2D eigenvalue weighted by molar-refractivity contribution is 5.97. The third-order valence-electron chi connectivity index (χ3n) is 2.16. The molecule has 0 saturated carbocycles. The van der Waals surface area contributed by atoms with Gasteiger partial charge in [0.1, 0.15) is 0 Å². The molecule has 78 valence electrons. The molecule has 1 aromatic heterocycles. The van der Waals surface area contributed by atoms with Crippen molar-refractivity contribution in [2.24, 2.45) is 0 Å². The molecule has 1 N–H and O–H groups in total. The van der Waals surface area contributed by atoms with E-state index in [2.05, 4.69) is 4.98 Å². The molecule has 5 heteroatoms. The van der Waals surface area contributed by atoms with Crippen LogP contribution in [0.3, 0.4) is 0 Å². The predicted molar refractivity (Wildman–Crippen MR) is 48.7 cm³/mol. The molecule has 0 aliphatic rings. The number of alkyl halides is 3. The molecular weight excluding hydrogens is 207 g/mol. The lowest BCUT2D eigenvalue weighted by Gasteiger charge is -2.07. The molecule has 2 nitrogen and oxygen atoms in total. The van der Waals surface area contributed by atoms with Gasteiger partial charge in [-0.15, -0.1) is 0 Å². The SMILES string of the molecule is O=Cc1cc(C(F)(F)F)cc2[nH]ccc12. The number of carbonyl (C=O) groups is 1. The van der Waals surface area contributed by atoms with E-state index in [0.717, 1.165) is 12.1 Å². The Balaban J connectivity index is 2.74. The maximum Gasteiger partial charge on any atom is 0.416 e. The number of aromatic amines is 1. The summed E-state index contributed by atoms with van der Waals surface area (Å²) >= 11 is 0. The fraction of sp³-hybridized carbons (Fsp3) is 0.100. The first-order valence-corrected chi connectivity index (χ1v) is 4.16. The summed E-state index contributed by atoms with van der Waals surface area (Å²) in [7, 11) is 0. The van der Waals surface area contributed by atoms with Crippen LogP contribution in [-0.2, 0) is 6.18 Å². The second-order valence-electron chi connectivity index (χ2n) is 3.12. The maximum absolute atomic E-state index is 12.4. The molecule has 15 heavy (non-hydrogen) atoms. The van der Waals surface area contributed by atoms with Gasteiger partial charge in [-0.1, -0.05) is 0 Å². The molecule has 0 unspecified atom stereocenters. The highest BCUT2D eigenvalue weighted by Crippen LogP contribution is 2.32. The minimum absolute atomic E-state index is 0.0427. The normalized spacial score (nSPS) is 11.9. The van der Waals surface area contributed by atoms with Crippen LogP contribution in [0.25, 0.3) is 10.9 Å². The molecule has 0 radical (unpaired) electrons. The second kappa shape index (κ2) is 3.12. The summed E-state index contributed by atoms with van der Waals surface area (Å²) in [5.41, 5.74) is -0.465. The van der Waals surface area contributed by atoms with E-state index in [4.69, 9.17) is 0 Å². The highest BCUT2D eigenvalue weighted by Gasteiger charge is 2.31. The monoisotopic (exact) mass is 213 g/mol. The Labute approximate surface area is 82.7 Å². The summed E-state index contributed by atoms with van der Waals surface area (Å²) in [5, 5.41) is 0.498. The van der Waals surface area contributed by atoms with E-state index in [9.17, 15) is 18.0 Å². The van der Waals surface area contributed by atoms with Crippen LogP contribution in [0.15, 0.2) is 24.4 Å². The fourth-order valence-electron chi connectivity index (χ4n) is 1.46. The number of H-pyrrole nitrogens is 1. The molecule has 0 fully saturated rings. The largest absolute Gasteiger partial charge is 0.416 e. The van der Waals surface area contributed by atoms with Crippen molar-refractivity contribution in [1.29, 1.82) is 0 Å². The minimum atomic E-state index is -4.43. The van der Waals surface area contributed by atoms with Crippen LogP contribution in [0, 0.1) is 0 Å². The third kappa shape index (κ3) is 1.60. The van der Waals surface area contributed by atoms with Gasteiger partial charge in [0, 0.05) is 22.7 Å². The predicted octanol–water partition coefficient (Wildman–Crippen LogP) is 3.00. The molecule has 0 bridgehead atoms. The molecule has 1 aromatic carbocycles. The maximum atomic E-state index is 12.4. The van der Waals surface area contributed by atoms with Crippen LogP contribution in [-0.4, -0.2) is 11.3 Å². The number of benzene rings is 1. The van der Waals surface area contributed by atoms with Crippen LogP contribution >= 0.6 is 0 Å². The van der Waals surface area contributed by atoms with Gasteiger partial charge in [0.25, 0.3) is 0 Å². The Morgan fingerprint density at radius 3 is 2.60 bits per heavy atom. The number of hydrogen-bond acceptors (Lipinski definition) is 1. The van der Waals surface area contributed by atoms with Crippen LogP contribution in [0.4, 0.5) is 13.2 Å². The highest BCUT2D eigenvalue weighted by atomic mass is 19.4. The van der Waals surface area contributed by atoms with E-state index >= 15 is 0 Å². The Morgan fingerprint density at radius 2 is 2.00 bits per heavy atom. The van der Waals surface area contributed by atoms with E-state index in [0.29, 0.717) is 17.2 Å². The topological polar surface area (TPSA) is 32.9 Å². The van der Waals surface area contributed by atoms with Gasteiger partial charge >= 0.3 is 6.18 Å². The number of fused-ring (bicyclic) bond motifs is 1. The number of aldehydes is 1. The molecule has 0 saturated heterocycles. The number of nitrogens with one attached hydrogen (secondary N) is 1. The summed E-state index contributed by atoms with van der Waals surface area (Å²) in [4.78, 5) is 13.3. The zero-order chi connectivity index (χ0) is 11.1. The van der Waals surface area contributed by atoms with Crippen LogP contribution in [0.1, 0.15) is 15.9 Å². The second-order valence-corrected chi connectivity index (χ2v) is 3.12. The fourth-order valence-corrected chi connectivity index (χ4v) is 1.46. The van der Waals surface area contributed by atoms with E-state index in [1.54, 1.807) is 6.07 Å². The molecule has 2 aromatic rings. The molecule has 1 heterocycles. The van der Waals surface area contributed by atoms with Crippen LogP contribution in [0.2, 0.25) is 0 Å². The molecule has 0 atom stereocenters. The molecular formula is C10H6F3NO. The van der Waals surface area contributed by atoms with Gasteiger partial charge in [0.05, 0.1) is 5.56 Å². The first kappa shape index (κ1) is 9.76. The van der Waals surface area contributed by atoms with E-state index < -0.39 is 11.7 Å². The van der Waals surface area contributed by atoms with E-state index in [-0.39, 0.29) is 5.56 Å². The Hall–Kier alpha value is -1.78. The molecule has 0 aliphatic heterocycles. The Kier molecular flexibility index (Phi) is 2.03. The first-order valence-electron chi connectivity index (χ1n) is 4.16. The van der Waals surface area contributed by atoms with Crippen molar-refractivity contribution < 1.29 is 18.0 Å². The van der Waals surface area contributed by atoms with Gasteiger partial charge in [-0.3, -0.25) is 4.79 Å². The van der Waals surface area contributed by atoms with Crippen LogP contribution < -0.4 is 0 Å². The molecule has 0 aliphatic carbocycles. The summed E-state index contributed by atoms with van der Waals surface area (Å²) in [5.74, 6) is 0. The smallest absolute Gasteiger partial charge is 0.361 e. The van der Waals surface area contributed by atoms with Gasteiger partial charge in [-0.2, -0.15) is 13.2 Å². The summed E-state index contributed by atoms with van der Waals surface area (Å²) in [6.07, 6.45) is -2.51. The van der Waals surface area contributed by atoms with Crippen molar-refractivity contribution in [1.82, 2.24) is 4.98 Å². The van der Waals surface area contributed by atoms with Crippen molar-refractivity contribution in [2.45, 2.75) is 6.18 Å². The number of hydrogen-bond donors (Lipinski definition) is 1. The molecule has 0 amide bonds. The zero-order valence-electron chi connectivity index (χ0n) is 7.43. The number of rotatable bonds is 1.